The van der Waals surface area contributed by atoms with E-state index in [1.54, 1.807) is 7.11 Å². The minimum atomic E-state index is 0.306. The van der Waals surface area contributed by atoms with Crippen LogP contribution in [0.15, 0.2) is 24.3 Å². The van der Waals surface area contributed by atoms with Crippen LogP contribution in [0.3, 0.4) is 0 Å². The predicted octanol–water partition coefficient (Wildman–Crippen LogP) is 3.00. The first kappa shape index (κ1) is 12.4. The molecule has 1 aliphatic rings. The van der Waals surface area contributed by atoms with Crippen LogP contribution in [-0.2, 0) is 6.42 Å². The van der Waals surface area contributed by atoms with Gasteiger partial charge in [-0.25, -0.2) is 0 Å². The highest BCUT2D eigenvalue weighted by molar-refractivity contribution is 5.27. The van der Waals surface area contributed by atoms with Crippen LogP contribution in [0.25, 0.3) is 0 Å². The number of nitrogens with two attached hydrogens (primary N) is 1. The van der Waals surface area contributed by atoms with Crippen LogP contribution >= 0.6 is 0 Å². The van der Waals surface area contributed by atoms with Crippen molar-refractivity contribution in [2.75, 3.05) is 7.11 Å². The van der Waals surface area contributed by atoms with Gasteiger partial charge in [0.05, 0.1) is 7.11 Å². The lowest BCUT2D eigenvalue weighted by atomic mass is 9.87. The number of ether oxygens (including phenoxy) is 1. The Bertz CT molecular complexity index is 346. The lowest BCUT2D eigenvalue weighted by Gasteiger charge is -2.23. The standard InChI is InChI=1S/C15H23NO/c1-11-4-3-5-14(11)15(16)10-12-6-8-13(17-2)9-7-12/h6-9,11,14-15H,3-5,10,16H2,1-2H3. The minimum Gasteiger partial charge on any atom is -0.497 e. The summed E-state index contributed by atoms with van der Waals surface area (Å²) >= 11 is 0. The molecular weight excluding hydrogens is 210 g/mol. The SMILES string of the molecule is COc1ccc(CC(N)C2CCCC2C)cc1. The number of methoxy groups -OCH3 is 1. The Morgan fingerprint density at radius 2 is 2.00 bits per heavy atom. The third kappa shape index (κ3) is 3.01. The Balaban J connectivity index is 1.95. The summed E-state index contributed by atoms with van der Waals surface area (Å²) < 4.78 is 5.16. The van der Waals surface area contributed by atoms with Gasteiger partial charge in [-0.1, -0.05) is 31.9 Å². The van der Waals surface area contributed by atoms with Crippen molar-refractivity contribution in [3.8, 4) is 5.75 Å². The van der Waals surface area contributed by atoms with Crippen molar-refractivity contribution in [3.05, 3.63) is 29.8 Å². The van der Waals surface area contributed by atoms with Crippen LogP contribution in [0.1, 0.15) is 31.7 Å². The molecule has 0 heterocycles. The highest BCUT2D eigenvalue weighted by Crippen LogP contribution is 2.33. The van der Waals surface area contributed by atoms with E-state index in [-0.39, 0.29) is 0 Å². The van der Waals surface area contributed by atoms with Crippen molar-refractivity contribution in [2.45, 2.75) is 38.6 Å². The van der Waals surface area contributed by atoms with Crippen molar-refractivity contribution in [3.63, 3.8) is 0 Å². The molecule has 1 aliphatic carbocycles. The van der Waals surface area contributed by atoms with E-state index in [0.29, 0.717) is 12.0 Å². The van der Waals surface area contributed by atoms with E-state index in [9.17, 15) is 0 Å². The summed E-state index contributed by atoms with van der Waals surface area (Å²) in [6.07, 6.45) is 4.99. The molecule has 2 N–H and O–H groups in total. The maximum atomic E-state index is 6.34. The smallest absolute Gasteiger partial charge is 0.118 e. The van der Waals surface area contributed by atoms with Gasteiger partial charge in [0.25, 0.3) is 0 Å². The molecule has 2 heteroatoms. The number of hydrogen-bond acceptors (Lipinski definition) is 2. The van der Waals surface area contributed by atoms with Gasteiger partial charge in [-0.2, -0.15) is 0 Å². The molecular formula is C15H23NO. The monoisotopic (exact) mass is 233 g/mol. The molecule has 1 fully saturated rings. The second-order valence-corrected chi connectivity index (χ2v) is 5.29. The molecule has 3 atom stereocenters. The zero-order valence-electron chi connectivity index (χ0n) is 10.9. The average Bonchev–Trinajstić information content (AvgIpc) is 2.76. The van der Waals surface area contributed by atoms with Crippen LogP contribution in [0, 0.1) is 11.8 Å². The minimum absolute atomic E-state index is 0.306. The molecule has 2 nitrogen and oxygen atoms in total. The second-order valence-electron chi connectivity index (χ2n) is 5.29. The van der Waals surface area contributed by atoms with Gasteiger partial charge in [0.15, 0.2) is 0 Å². The van der Waals surface area contributed by atoms with Crippen molar-refractivity contribution in [1.29, 1.82) is 0 Å². The van der Waals surface area contributed by atoms with Gasteiger partial charge in [0, 0.05) is 6.04 Å². The van der Waals surface area contributed by atoms with Gasteiger partial charge in [-0.05, 0) is 42.4 Å². The van der Waals surface area contributed by atoms with Gasteiger partial charge in [0.2, 0.25) is 0 Å². The lowest BCUT2D eigenvalue weighted by molar-refractivity contribution is 0.343. The molecule has 0 amide bonds. The molecule has 3 unspecified atom stereocenters. The van der Waals surface area contributed by atoms with Crippen LogP contribution in [0.2, 0.25) is 0 Å². The molecule has 1 aromatic carbocycles. The fourth-order valence-electron chi connectivity index (χ4n) is 3.00. The maximum absolute atomic E-state index is 6.34. The van der Waals surface area contributed by atoms with Crippen LogP contribution in [0.4, 0.5) is 0 Å². The molecule has 0 aliphatic heterocycles. The first-order valence-electron chi connectivity index (χ1n) is 6.59. The second kappa shape index (κ2) is 5.54. The predicted molar refractivity (Wildman–Crippen MR) is 71.2 cm³/mol. The van der Waals surface area contributed by atoms with Crippen molar-refractivity contribution >= 4 is 0 Å². The van der Waals surface area contributed by atoms with E-state index < -0.39 is 0 Å². The highest BCUT2D eigenvalue weighted by Gasteiger charge is 2.28. The number of rotatable bonds is 4. The molecule has 0 aromatic heterocycles. The van der Waals surface area contributed by atoms with E-state index in [1.165, 1.54) is 24.8 Å². The zero-order chi connectivity index (χ0) is 12.3. The highest BCUT2D eigenvalue weighted by atomic mass is 16.5. The van der Waals surface area contributed by atoms with Crippen molar-refractivity contribution in [1.82, 2.24) is 0 Å². The van der Waals surface area contributed by atoms with E-state index in [2.05, 4.69) is 19.1 Å². The van der Waals surface area contributed by atoms with Crippen molar-refractivity contribution < 1.29 is 4.74 Å². The van der Waals surface area contributed by atoms with Crippen LogP contribution in [-0.4, -0.2) is 13.2 Å². The molecule has 0 bridgehead atoms. The Morgan fingerprint density at radius 1 is 1.29 bits per heavy atom. The Hall–Kier alpha value is -1.02. The fraction of sp³-hybridized carbons (Fsp3) is 0.600. The quantitative estimate of drug-likeness (QED) is 0.867. The molecule has 17 heavy (non-hydrogen) atoms. The first-order valence-corrected chi connectivity index (χ1v) is 6.59. The molecule has 1 aromatic rings. The Kier molecular flexibility index (Phi) is 4.06. The van der Waals surface area contributed by atoms with Gasteiger partial charge in [-0.15, -0.1) is 0 Å². The van der Waals surface area contributed by atoms with E-state index in [4.69, 9.17) is 10.5 Å². The van der Waals surface area contributed by atoms with E-state index in [1.807, 2.05) is 12.1 Å². The van der Waals surface area contributed by atoms with Crippen LogP contribution in [0.5, 0.6) is 5.75 Å². The van der Waals surface area contributed by atoms with Gasteiger partial charge < -0.3 is 10.5 Å². The topological polar surface area (TPSA) is 35.2 Å². The Morgan fingerprint density at radius 3 is 2.53 bits per heavy atom. The molecule has 0 spiro atoms. The third-order valence-electron chi connectivity index (χ3n) is 4.11. The summed E-state index contributed by atoms with van der Waals surface area (Å²) in [5.41, 5.74) is 7.66. The number of benzene rings is 1. The third-order valence-corrected chi connectivity index (χ3v) is 4.11. The largest absolute Gasteiger partial charge is 0.497 e. The number of hydrogen-bond donors (Lipinski definition) is 1. The van der Waals surface area contributed by atoms with Gasteiger partial charge in [0.1, 0.15) is 5.75 Å². The normalized spacial score (nSPS) is 25.8. The summed E-state index contributed by atoms with van der Waals surface area (Å²) in [5, 5.41) is 0. The molecule has 1 saturated carbocycles. The molecule has 2 rings (SSSR count). The maximum Gasteiger partial charge on any atom is 0.118 e. The van der Waals surface area contributed by atoms with Crippen molar-refractivity contribution in [2.24, 2.45) is 17.6 Å². The van der Waals surface area contributed by atoms with Gasteiger partial charge >= 0.3 is 0 Å². The fourth-order valence-corrected chi connectivity index (χ4v) is 3.00. The Labute approximate surface area is 104 Å². The zero-order valence-corrected chi connectivity index (χ0v) is 10.9. The average molecular weight is 233 g/mol. The molecule has 0 saturated heterocycles. The summed E-state index contributed by atoms with van der Waals surface area (Å²) in [6.45, 7) is 2.34. The summed E-state index contributed by atoms with van der Waals surface area (Å²) in [6, 6.07) is 8.58. The van der Waals surface area contributed by atoms with Crippen LogP contribution < -0.4 is 10.5 Å². The molecule has 0 radical (unpaired) electrons. The van der Waals surface area contributed by atoms with E-state index >= 15 is 0 Å². The summed E-state index contributed by atoms with van der Waals surface area (Å²) in [5.74, 6) is 2.41. The summed E-state index contributed by atoms with van der Waals surface area (Å²) in [4.78, 5) is 0. The lowest BCUT2D eigenvalue weighted by Crippen LogP contribution is -2.33. The first-order chi connectivity index (χ1) is 8.20. The van der Waals surface area contributed by atoms with Gasteiger partial charge in [-0.3, -0.25) is 0 Å². The van der Waals surface area contributed by atoms with E-state index in [0.717, 1.165) is 18.1 Å². The summed E-state index contributed by atoms with van der Waals surface area (Å²) in [7, 11) is 1.70. The molecule has 94 valence electrons.